The number of para-hydroxylation sites is 1. The molecule has 78 valence electrons. The SMILES string of the molecule is Nc1ccccc1C(=O)n1c2ccc1cc2. The van der Waals surface area contributed by atoms with Crippen LogP contribution in [0.15, 0.2) is 48.5 Å². The van der Waals surface area contributed by atoms with Crippen molar-refractivity contribution in [1.29, 1.82) is 0 Å². The highest BCUT2D eigenvalue weighted by Crippen LogP contribution is 2.21. The average molecular weight is 210 g/mol. The van der Waals surface area contributed by atoms with E-state index in [9.17, 15) is 4.79 Å². The molecule has 3 nitrogen and oxygen atoms in total. The zero-order chi connectivity index (χ0) is 11.1. The maximum Gasteiger partial charge on any atom is 0.264 e. The lowest BCUT2D eigenvalue weighted by molar-refractivity contribution is 0.0970. The van der Waals surface area contributed by atoms with Crippen LogP contribution in [0.5, 0.6) is 0 Å². The first kappa shape index (κ1) is 8.97. The number of carbonyl (C=O) groups is 1. The Morgan fingerprint density at radius 2 is 1.50 bits per heavy atom. The summed E-state index contributed by atoms with van der Waals surface area (Å²) >= 11 is 0. The molecule has 3 aromatic rings. The number of fused-ring (bicyclic) bond motifs is 2. The predicted molar refractivity (Wildman–Crippen MR) is 63.7 cm³/mol. The quantitative estimate of drug-likeness (QED) is 0.627. The molecule has 0 saturated carbocycles. The molecule has 0 unspecified atom stereocenters. The number of carbonyl (C=O) groups excluding carboxylic acids is 1. The molecule has 2 bridgehead atoms. The number of nitrogen functional groups attached to an aromatic ring is 1. The van der Waals surface area contributed by atoms with Crippen LogP contribution < -0.4 is 5.73 Å². The molecule has 0 aliphatic carbocycles. The van der Waals surface area contributed by atoms with E-state index in [1.807, 2.05) is 36.4 Å². The van der Waals surface area contributed by atoms with Crippen molar-refractivity contribution in [2.75, 3.05) is 5.73 Å². The Morgan fingerprint density at radius 3 is 2.06 bits per heavy atom. The molecule has 2 heterocycles. The molecule has 0 amide bonds. The number of rotatable bonds is 1. The third-order valence-electron chi connectivity index (χ3n) is 2.76. The van der Waals surface area contributed by atoms with Gasteiger partial charge in [-0.1, -0.05) is 12.1 Å². The lowest BCUT2D eigenvalue weighted by Crippen LogP contribution is -2.12. The van der Waals surface area contributed by atoms with Gasteiger partial charge in [-0.05, 0) is 36.4 Å². The van der Waals surface area contributed by atoms with E-state index in [0.717, 1.165) is 11.0 Å². The summed E-state index contributed by atoms with van der Waals surface area (Å²) in [4.78, 5) is 12.3. The monoisotopic (exact) mass is 210 g/mol. The Bertz CT molecular complexity index is 606. The van der Waals surface area contributed by atoms with Crippen LogP contribution in [-0.4, -0.2) is 10.5 Å². The Hall–Kier alpha value is -2.29. The molecule has 3 heteroatoms. The fourth-order valence-corrected chi connectivity index (χ4v) is 1.95. The van der Waals surface area contributed by atoms with Crippen molar-refractivity contribution < 1.29 is 4.79 Å². The number of anilines is 1. The molecule has 0 spiro atoms. The molecule has 16 heavy (non-hydrogen) atoms. The third-order valence-corrected chi connectivity index (χ3v) is 2.76. The Morgan fingerprint density at radius 1 is 0.938 bits per heavy atom. The van der Waals surface area contributed by atoms with Gasteiger partial charge in [0, 0.05) is 16.7 Å². The van der Waals surface area contributed by atoms with E-state index in [4.69, 9.17) is 5.73 Å². The van der Waals surface area contributed by atoms with Crippen LogP contribution in [0.2, 0.25) is 0 Å². The summed E-state index contributed by atoms with van der Waals surface area (Å²) in [7, 11) is 0. The Balaban J connectivity index is 2.16. The first-order valence-corrected chi connectivity index (χ1v) is 5.06. The summed E-state index contributed by atoms with van der Waals surface area (Å²) in [5, 5.41) is 0. The topological polar surface area (TPSA) is 48.0 Å². The second-order valence-electron chi connectivity index (χ2n) is 3.74. The van der Waals surface area contributed by atoms with Gasteiger partial charge in [0.05, 0.1) is 5.56 Å². The lowest BCUT2D eigenvalue weighted by atomic mass is 10.1. The zero-order valence-corrected chi connectivity index (χ0v) is 8.55. The molecule has 2 aromatic heterocycles. The molecule has 0 aliphatic heterocycles. The van der Waals surface area contributed by atoms with Gasteiger partial charge in [0.25, 0.3) is 5.91 Å². The number of benzene rings is 2. The van der Waals surface area contributed by atoms with Crippen molar-refractivity contribution in [3.8, 4) is 0 Å². The summed E-state index contributed by atoms with van der Waals surface area (Å²) in [6.07, 6.45) is 0. The Labute approximate surface area is 92.4 Å². The Kier molecular flexibility index (Phi) is 1.74. The third kappa shape index (κ3) is 1.11. The van der Waals surface area contributed by atoms with E-state index in [1.54, 1.807) is 16.7 Å². The largest absolute Gasteiger partial charge is 0.398 e. The maximum absolute atomic E-state index is 12.3. The summed E-state index contributed by atoms with van der Waals surface area (Å²) in [5.41, 5.74) is 8.67. The van der Waals surface area contributed by atoms with Crippen molar-refractivity contribution >= 4 is 22.6 Å². The van der Waals surface area contributed by atoms with Gasteiger partial charge in [-0.15, -0.1) is 0 Å². The molecule has 0 aliphatic rings. The highest BCUT2D eigenvalue weighted by atomic mass is 16.2. The van der Waals surface area contributed by atoms with E-state index in [2.05, 4.69) is 0 Å². The van der Waals surface area contributed by atoms with E-state index < -0.39 is 0 Å². The molecule has 3 rings (SSSR count). The molecule has 0 saturated heterocycles. The van der Waals surface area contributed by atoms with Crippen LogP contribution in [0.25, 0.3) is 11.0 Å². The van der Waals surface area contributed by atoms with Crippen LogP contribution in [0.4, 0.5) is 5.69 Å². The van der Waals surface area contributed by atoms with Gasteiger partial charge in [-0.3, -0.25) is 9.36 Å². The molecule has 1 aromatic carbocycles. The standard InChI is InChI=1S/C13H10N2O/c14-12-4-2-1-3-11(12)13(16)15-9-5-6-10(15)8-7-9/h1-8H,14H2. The fraction of sp³-hybridized carbons (Fsp3) is 0. The van der Waals surface area contributed by atoms with Crippen molar-refractivity contribution in [3.05, 3.63) is 54.1 Å². The molecular weight excluding hydrogens is 200 g/mol. The van der Waals surface area contributed by atoms with Crippen molar-refractivity contribution in [1.82, 2.24) is 4.57 Å². The summed E-state index contributed by atoms with van der Waals surface area (Å²) in [6.45, 7) is 0. The van der Waals surface area contributed by atoms with Crippen molar-refractivity contribution in [2.45, 2.75) is 0 Å². The molecule has 0 fully saturated rings. The first-order valence-electron chi connectivity index (χ1n) is 5.06. The van der Waals surface area contributed by atoms with Crippen LogP contribution in [0, 0.1) is 0 Å². The van der Waals surface area contributed by atoms with Gasteiger partial charge in [0.1, 0.15) is 0 Å². The minimum Gasteiger partial charge on any atom is -0.398 e. The van der Waals surface area contributed by atoms with E-state index in [1.165, 1.54) is 0 Å². The molecule has 0 radical (unpaired) electrons. The zero-order valence-electron chi connectivity index (χ0n) is 8.55. The first-order chi connectivity index (χ1) is 7.77. The maximum atomic E-state index is 12.3. The smallest absolute Gasteiger partial charge is 0.264 e. The van der Waals surface area contributed by atoms with Crippen LogP contribution in [0.3, 0.4) is 0 Å². The van der Waals surface area contributed by atoms with Crippen LogP contribution >= 0.6 is 0 Å². The van der Waals surface area contributed by atoms with Gasteiger partial charge in [-0.2, -0.15) is 0 Å². The second kappa shape index (κ2) is 3.10. The number of aromatic nitrogens is 1. The van der Waals surface area contributed by atoms with Crippen LogP contribution in [-0.2, 0) is 0 Å². The minimum atomic E-state index is -0.0712. The molecule has 0 atom stereocenters. The molecule has 2 N–H and O–H groups in total. The summed E-state index contributed by atoms with van der Waals surface area (Å²) in [5.74, 6) is -0.0712. The number of hydrogen-bond donors (Lipinski definition) is 1. The number of nitrogens with two attached hydrogens (primary N) is 1. The van der Waals surface area contributed by atoms with Gasteiger partial charge < -0.3 is 5.73 Å². The lowest BCUT2D eigenvalue weighted by Gasteiger charge is -2.05. The second-order valence-corrected chi connectivity index (χ2v) is 3.74. The molecular formula is C13H10N2O. The van der Waals surface area contributed by atoms with E-state index in [0.29, 0.717) is 11.3 Å². The summed E-state index contributed by atoms with van der Waals surface area (Å²) < 4.78 is 1.67. The van der Waals surface area contributed by atoms with E-state index >= 15 is 0 Å². The fourth-order valence-electron chi connectivity index (χ4n) is 1.95. The average Bonchev–Trinajstić information content (AvgIpc) is 2.88. The predicted octanol–water partition coefficient (Wildman–Crippen LogP) is 2.35. The van der Waals surface area contributed by atoms with Gasteiger partial charge in [-0.25, -0.2) is 0 Å². The number of nitrogens with zero attached hydrogens (tertiary/aromatic N) is 1. The minimum absolute atomic E-state index is 0.0712. The summed E-state index contributed by atoms with van der Waals surface area (Å²) in [6, 6.07) is 14.8. The van der Waals surface area contributed by atoms with Gasteiger partial charge in [0.15, 0.2) is 0 Å². The highest BCUT2D eigenvalue weighted by molar-refractivity contribution is 6.06. The normalized spacial score (nSPS) is 11.0. The van der Waals surface area contributed by atoms with E-state index in [-0.39, 0.29) is 5.91 Å². The van der Waals surface area contributed by atoms with Gasteiger partial charge in [0.2, 0.25) is 0 Å². The van der Waals surface area contributed by atoms with Crippen molar-refractivity contribution in [2.24, 2.45) is 0 Å². The van der Waals surface area contributed by atoms with Crippen LogP contribution in [0.1, 0.15) is 10.4 Å². The van der Waals surface area contributed by atoms with Crippen molar-refractivity contribution in [3.63, 3.8) is 0 Å². The number of hydrogen-bond acceptors (Lipinski definition) is 2. The highest BCUT2D eigenvalue weighted by Gasteiger charge is 2.15. The van der Waals surface area contributed by atoms with Gasteiger partial charge >= 0.3 is 0 Å².